The second-order valence-corrected chi connectivity index (χ2v) is 5.03. The maximum atomic E-state index is 13.6. The number of nitrogens with zero attached hydrogens (tertiary/aromatic N) is 1. The quantitative estimate of drug-likeness (QED) is 0.874. The van der Waals surface area contributed by atoms with Gasteiger partial charge in [-0.3, -0.25) is 0 Å². The summed E-state index contributed by atoms with van der Waals surface area (Å²) in [6, 6.07) is 6.72. The summed E-state index contributed by atoms with van der Waals surface area (Å²) in [5.41, 5.74) is -1.50. The zero-order valence-electron chi connectivity index (χ0n) is 10.5. The van der Waals surface area contributed by atoms with Gasteiger partial charge in [0.1, 0.15) is 16.8 Å². The third-order valence-corrected chi connectivity index (χ3v) is 3.90. The fourth-order valence-corrected chi connectivity index (χ4v) is 2.32. The van der Waals surface area contributed by atoms with Gasteiger partial charge < -0.3 is 9.84 Å². The van der Waals surface area contributed by atoms with Crippen LogP contribution in [0.4, 0.5) is 4.39 Å². The van der Waals surface area contributed by atoms with E-state index in [1.165, 1.54) is 6.07 Å². The van der Waals surface area contributed by atoms with Crippen LogP contribution in [0.1, 0.15) is 24.5 Å². The molecular weight excluding hydrogens is 233 g/mol. The second-order valence-electron chi connectivity index (χ2n) is 5.03. The lowest BCUT2D eigenvalue weighted by Crippen LogP contribution is -2.43. The molecule has 2 atom stereocenters. The summed E-state index contributed by atoms with van der Waals surface area (Å²) in [6.07, 6.45) is 0.450. The van der Waals surface area contributed by atoms with Crippen LogP contribution in [0.5, 0.6) is 0 Å². The molecule has 1 N–H and O–H groups in total. The van der Waals surface area contributed by atoms with Crippen LogP contribution in [0, 0.1) is 29.5 Å². The maximum absolute atomic E-state index is 13.6. The molecule has 1 aliphatic rings. The molecule has 1 heterocycles. The third kappa shape index (κ3) is 1.80. The van der Waals surface area contributed by atoms with Crippen molar-refractivity contribution in [1.82, 2.24) is 0 Å². The van der Waals surface area contributed by atoms with Crippen LogP contribution >= 0.6 is 0 Å². The predicted octanol–water partition coefficient (Wildman–Crippen LogP) is 2.27. The molecule has 0 spiro atoms. The first-order valence-corrected chi connectivity index (χ1v) is 5.91. The highest BCUT2D eigenvalue weighted by Crippen LogP contribution is 2.45. The van der Waals surface area contributed by atoms with E-state index >= 15 is 0 Å². The zero-order valence-corrected chi connectivity index (χ0v) is 10.5. The van der Waals surface area contributed by atoms with E-state index in [9.17, 15) is 14.8 Å². The molecule has 1 aromatic rings. The summed E-state index contributed by atoms with van der Waals surface area (Å²) in [6.45, 7) is 3.83. The van der Waals surface area contributed by atoms with Gasteiger partial charge in [0.25, 0.3) is 0 Å². The minimum atomic E-state index is -1.42. The molecule has 0 bridgehead atoms. The smallest absolute Gasteiger partial charge is 0.126 e. The molecule has 0 saturated carbocycles. The molecular formula is C14H16FNO2. The minimum Gasteiger partial charge on any atom is -0.384 e. The summed E-state index contributed by atoms with van der Waals surface area (Å²) >= 11 is 0. The van der Waals surface area contributed by atoms with E-state index in [4.69, 9.17) is 4.74 Å². The van der Waals surface area contributed by atoms with E-state index < -0.39 is 11.0 Å². The highest BCUT2D eigenvalue weighted by Gasteiger charge is 2.51. The van der Waals surface area contributed by atoms with E-state index in [2.05, 4.69) is 6.07 Å². The first-order chi connectivity index (χ1) is 8.43. The molecule has 0 aromatic heterocycles. The van der Waals surface area contributed by atoms with E-state index in [1.54, 1.807) is 26.0 Å². The average Bonchev–Trinajstić information content (AvgIpc) is 2.82. The highest BCUT2D eigenvalue weighted by molar-refractivity contribution is 5.32. The Kier molecular flexibility index (Phi) is 3.14. The second kappa shape index (κ2) is 4.34. The van der Waals surface area contributed by atoms with Crippen LogP contribution in [0.25, 0.3) is 0 Å². The van der Waals surface area contributed by atoms with Gasteiger partial charge in [-0.2, -0.15) is 5.26 Å². The van der Waals surface area contributed by atoms with Gasteiger partial charge in [0.05, 0.1) is 12.7 Å². The summed E-state index contributed by atoms with van der Waals surface area (Å²) in [5.74, 6) is -0.375. The molecule has 1 saturated heterocycles. The van der Waals surface area contributed by atoms with Crippen LogP contribution in [0.2, 0.25) is 0 Å². The van der Waals surface area contributed by atoms with E-state index in [-0.39, 0.29) is 12.4 Å². The summed E-state index contributed by atoms with van der Waals surface area (Å²) < 4.78 is 18.8. The van der Waals surface area contributed by atoms with E-state index in [0.717, 1.165) is 0 Å². The first-order valence-electron chi connectivity index (χ1n) is 5.91. The number of hydrogen-bond donors (Lipinski definition) is 1. The summed E-state index contributed by atoms with van der Waals surface area (Å²) in [4.78, 5) is 0. The van der Waals surface area contributed by atoms with E-state index in [1.807, 2.05) is 0 Å². The Hall–Kier alpha value is -1.44. The first kappa shape index (κ1) is 13.0. The normalized spacial score (nSPS) is 26.6. The van der Waals surface area contributed by atoms with Crippen molar-refractivity contribution in [2.45, 2.75) is 25.9 Å². The average molecular weight is 249 g/mol. The predicted molar refractivity (Wildman–Crippen MR) is 64.2 cm³/mol. The monoisotopic (exact) mass is 249 g/mol. The summed E-state index contributed by atoms with van der Waals surface area (Å²) in [7, 11) is 0. The Morgan fingerprint density at radius 3 is 2.78 bits per heavy atom. The fraction of sp³-hybridized carbons (Fsp3) is 0.500. The van der Waals surface area contributed by atoms with Crippen LogP contribution in [-0.2, 0) is 10.3 Å². The molecule has 0 amide bonds. The lowest BCUT2D eigenvalue weighted by atomic mass is 9.69. The number of aryl methyl sites for hydroxylation is 1. The van der Waals surface area contributed by atoms with Crippen molar-refractivity contribution in [1.29, 1.82) is 5.26 Å². The number of nitriles is 1. The van der Waals surface area contributed by atoms with Crippen LogP contribution < -0.4 is 0 Å². The van der Waals surface area contributed by atoms with Crippen molar-refractivity contribution >= 4 is 0 Å². The number of ether oxygens (including phenoxy) is 1. The van der Waals surface area contributed by atoms with Crippen LogP contribution in [0.3, 0.4) is 0 Å². The van der Waals surface area contributed by atoms with Crippen molar-refractivity contribution in [2.24, 2.45) is 5.41 Å². The minimum absolute atomic E-state index is 0.173. The van der Waals surface area contributed by atoms with Gasteiger partial charge in [0.15, 0.2) is 0 Å². The molecule has 0 aliphatic carbocycles. The SMILES string of the molecule is Cc1ccc(C(C)(O)C2(C#N)CCOC2)cc1F. The van der Waals surface area contributed by atoms with Gasteiger partial charge in [-0.1, -0.05) is 12.1 Å². The lowest BCUT2D eigenvalue weighted by Gasteiger charge is -2.36. The maximum Gasteiger partial charge on any atom is 0.126 e. The van der Waals surface area contributed by atoms with Gasteiger partial charge in [-0.05, 0) is 37.5 Å². The zero-order chi connectivity index (χ0) is 13.4. The van der Waals surface area contributed by atoms with Gasteiger partial charge >= 0.3 is 0 Å². The molecule has 4 heteroatoms. The standard InChI is InChI=1S/C14H16FNO2/c1-10-3-4-11(7-12(10)15)13(2,17)14(8-16)5-6-18-9-14/h3-4,7,17H,5-6,9H2,1-2H3. The molecule has 1 aliphatic heterocycles. The van der Waals surface area contributed by atoms with Gasteiger partial charge in [-0.25, -0.2) is 4.39 Å². The molecule has 18 heavy (non-hydrogen) atoms. The molecule has 3 nitrogen and oxygen atoms in total. The number of rotatable bonds is 2. The Labute approximate surface area is 106 Å². The van der Waals surface area contributed by atoms with Gasteiger partial charge in [0, 0.05) is 6.61 Å². The molecule has 1 fully saturated rings. The Morgan fingerprint density at radius 2 is 2.28 bits per heavy atom. The largest absolute Gasteiger partial charge is 0.384 e. The van der Waals surface area contributed by atoms with Crippen molar-refractivity contribution in [2.75, 3.05) is 13.2 Å². The van der Waals surface area contributed by atoms with Gasteiger partial charge in [-0.15, -0.1) is 0 Å². The Balaban J connectivity index is 2.47. The van der Waals surface area contributed by atoms with Crippen molar-refractivity contribution in [3.63, 3.8) is 0 Å². The molecule has 2 rings (SSSR count). The number of halogens is 1. The molecule has 1 aromatic carbocycles. The number of hydrogen-bond acceptors (Lipinski definition) is 3. The molecule has 96 valence electrons. The molecule has 2 unspecified atom stereocenters. The summed E-state index contributed by atoms with van der Waals surface area (Å²) in [5, 5.41) is 20.0. The highest BCUT2D eigenvalue weighted by atomic mass is 19.1. The number of aliphatic hydroxyl groups is 1. The number of benzene rings is 1. The third-order valence-electron chi connectivity index (χ3n) is 3.90. The van der Waals surface area contributed by atoms with Crippen molar-refractivity contribution < 1.29 is 14.2 Å². The van der Waals surface area contributed by atoms with Crippen molar-refractivity contribution in [3.8, 4) is 6.07 Å². The fourth-order valence-electron chi connectivity index (χ4n) is 2.32. The van der Waals surface area contributed by atoms with Gasteiger partial charge in [0.2, 0.25) is 0 Å². The topological polar surface area (TPSA) is 53.2 Å². The Bertz CT molecular complexity index is 499. The van der Waals surface area contributed by atoms with Crippen LogP contribution in [-0.4, -0.2) is 18.3 Å². The van der Waals surface area contributed by atoms with Crippen molar-refractivity contribution in [3.05, 3.63) is 35.1 Å². The van der Waals surface area contributed by atoms with Crippen LogP contribution in [0.15, 0.2) is 18.2 Å². The van der Waals surface area contributed by atoms with E-state index in [0.29, 0.717) is 24.2 Å². The Morgan fingerprint density at radius 1 is 1.56 bits per heavy atom. The molecule has 0 radical (unpaired) electrons. The lowest BCUT2D eigenvalue weighted by molar-refractivity contribution is -0.0483.